The van der Waals surface area contributed by atoms with E-state index in [0.717, 1.165) is 27.9 Å². The van der Waals surface area contributed by atoms with E-state index in [1.165, 1.54) is 0 Å². The second-order valence-corrected chi connectivity index (χ2v) is 6.19. The van der Waals surface area contributed by atoms with Crippen molar-refractivity contribution in [1.29, 1.82) is 0 Å². The van der Waals surface area contributed by atoms with Gasteiger partial charge in [-0.2, -0.15) is 5.10 Å². The van der Waals surface area contributed by atoms with Crippen LogP contribution in [0.3, 0.4) is 0 Å². The van der Waals surface area contributed by atoms with E-state index >= 15 is 0 Å². The third-order valence-corrected chi connectivity index (χ3v) is 4.27. The van der Waals surface area contributed by atoms with E-state index < -0.39 is 0 Å². The highest BCUT2D eigenvalue weighted by molar-refractivity contribution is 6.12. The van der Waals surface area contributed by atoms with Crippen molar-refractivity contribution in [2.75, 3.05) is 5.32 Å². The van der Waals surface area contributed by atoms with Crippen molar-refractivity contribution in [1.82, 2.24) is 14.8 Å². The maximum atomic E-state index is 13.0. The largest absolute Gasteiger partial charge is 0.307 e. The Morgan fingerprint density at radius 1 is 1.00 bits per heavy atom. The number of nitrogens with one attached hydrogen (secondary N) is 1. The number of hydrogen-bond donors (Lipinski definition) is 1. The Hall–Kier alpha value is -3.47. The average molecular weight is 342 g/mol. The zero-order valence-corrected chi connectivity index (χ0v) is 14.6. The Morgan fingerprint density at radius 3 is 2.46 bits per heavy atom. The van der Waals surface area contributed by atoms with Crippen molar-refractivity contribution >= 4 is 22.6 Å². The van der Waals surface area contributed by atoms with Crippen LogP contribution in [0.25, 0.3) is 22.2 Å². The first-order valence-corrected chi connectivity index (χ1v) is 8.39. The Balaban J connectivity index is 1.82. The van der Waals surface area contributed by atoms with Gasteiger partial charge in [0.15, 0.2) is 0 Å². The molecule has 26 heavy (non-hydrogen) atoms. The van der Waals surface area contributed by atoms with E-state index in [0.29, 0.717) is 11.4 Å². The standard InChI is InChI=1S/C21H18N4O/c1-14-12-20(25(2)24-14)23-21(26)17-13-19(15-8-4-3-5-9-15)22-18-11-7-6-10-16(17)18/h3-13H,1-2H3,(H,23,26). The van der Waals surface area contributed by atoms with Crippen LogP contribution in [0.4, 0.5) is 5.82 Å². The molecule has 0 bridgehead atoms. The molecule has 0 saturated heterocycles. The highest BCUT2D eigenvalue weighted by Gasteiger charge is 2.15. The van der Waals surface area contributed by atoms with E-state index in [2.05, 4.69) is 10.4 Å². The fraction of sp³-hybridized carbons (Fsp3) is 0.0952. The zero-order chi connectivity index (χ0) is 18.1. The van der Waals surface area contributed by atoms with Gasteiger partial charge in [0.1, 0.15) is 5.82 Å². The third kappa shape index (κ3) is 2.95. The van der Waals surface area contributed by atoms with Gasteiger partial charge in [0.25, 0.3) is 5.91 Å². The maximum Gasteiger partial charge on any atom is 0.257 e. The van der Waals surface area contributed by atoms with Crippen molar-refractivity contribution in [3.8, 4) is 11.3 Å². The van der Waals surface area contributed by atoms with Crippen LogP contribution in [0.5, 0.6) is 0 Å². The quantitative estimate of drug-likeness (QED) is 0.607. The minimum Gasteiger partial charge on any atom is -0.307 e. The summed E-state index contributed by atoms with van der Waals surface area (Å²) >= 11 is 0. The van der Waals surface area contributed by atoms with Gasteiger partial charge in [-0.15, -0.1) is 0 Å². The van der Waals surface area contributed by atoms with Crippen molar-refractivity contribution in [3.63, 3.8) is 0 Å². The molecule has 1 amide bonds. The Bertz CT molecular complexity index is 1100. The Kier molecular flexibility index (Phi) is 3.97. The molecule has 2 heterocycles. The molecule has 5 nitrogen and oxygen atoms in total. The van der Waals surface area contributed by atoms with E-state index in [4.69, 9.17) is 4.98 Å². The van der Waals surface area contributed by atoms with Gasteiger partial charge in [0, 0.05) is 24.1 Å². The summed E-state index contributed by atoms with van der Waals surface area (Å²) in [7, 11) is 1.81. The molecule has 2 aromatic heterocycles. The number of carbonyl (C=O) groups is 1. The Morgan fingerprint density at radius 2 is 1.73 bits per heavy atom. The number of aryl methyl sites for hydroxylation is 2. The summed E-state index contributed by atoms with van der Waals surface area (Å²) in [5.41, 5.74) is 3.99. The second kappa shape index (κ2) is 6.44. The van der Waals surface area contributed by atoms with Gasteiger partial charge in [-0.1, -0.05) is 48.5 Å². The van der Waals surface area contributed by atoms with E-state index in [1.807, 2.05) is 80.7 Å². The van der Waals surface area contributed by atoms with Gasteiger partial charge in [-0.25, -0.2) is 4.98 Å². The number of hydrogen-bond acceptors (Lipinski definition) is 3. The molecule has 2 aromatic carbocycles. The minimum absolute atomic E-state index is 0.177. The lowest BCUT2D eigenvalue weighted by atomic mass is 10.0. The monoisotopic (exact) mass is 342 g/mol. The molecule has 0 saturated carbocycles. The van der Waals surface area contributed by atoms with E-state index in [9.17, 15) is 4.79 Å². The number of carbonyl (C=O) groups excluding carboxylic acids is 1. The highest BCUT2D eigenvalue weighted by atomic mass is 16.1. The number of amides is 1. The van der Waals surface area contributed by atoms with Crippen LogP contribution in [-0.2, 0) is 7.05 Å². The van der Waals surface area contributed by atoms with Crippen LogP contribution in [-0.4, -0.2) is 20.7 Å². The lowest BCUT2D eigenvalue weighted by Gasteiger charge is -2.10. The minimum atomic E-state index is -0.177. The van der Waals surface area contributed by atoms with Crippen LogP contribution < -0.4 is 5.32 Å². The molecular formula is C21H18N4O. The van der Waals surface area contributed by atoms with Gasteiger partial charge >= 0.3 is 0 Å². The van der Waals surface area contributed by atoms with Crippen LogP contribution in [0.2, 0.25) is 0 Å². The summed E-state index contributed by atoms with van der Waals surface area (Å²) < 4.78 is 1.66. The van der Waals surface area contributed by atoms with Gasteiger partial charge in [0.2, 0.25) is 0 Å². The summed E-state index contributed by atoms with van der Waals surface area (Å²) in [5.74, 6) is 0.485. The van der Waals surface area contributed by atoms with Crippen LogP contribution in [0, 0.1) is 6.92 Å². The molecule has 0 spiro atoms. The number of pyridine rings is 1. The first kappa shape index (κ1) is 16.0. The van der Waals surface area contributed by atoms with Crippen LogP contribution in [0.15, 0.2) is 66.7 Å². The van der Waals surface area contributed by atoms with E-state index in [-0.39, 0.29) is 5.91 Å². The van der Waals surface area contributed by atoms with Gasteiger partial charge in [-0.05, 0) is 19.1 Å². The molecule has 0 radical (unpaired) electrons. The number of fused-ring (bicyclic) bond motifs is 1. The fourth-order valence-electron chi connectivity index (χ4n) is 3.03. The topological polar surface area (TPSA) is 59.8 Å². The number of nitrogens with zero attached hydrogens (tertiary/aromatic N) is 3. The lowest BCUT2D eigenvalue weighted by molar-refractivity contribution is 0.102. The molecular weight excluding hydrogens is 324 g/mol. The molecule has 5 heteroatoms. The molecule has 128 valence electrons. The van der Waals surface area contributed by atoms with Gasteiger partial charge in [0.05, 0.1) is 22.5 Å². The predicted molar refractivity (Wildman–Crippen MR) is 103 cm³/mol. The molecule has 0 aliphatic heterocycles. The maximum absolute atomic E-state index is 13.0. The average Bonchev–Trinajstić information content (AvgIpc) is 2.98. The number of rotatable bonds is 3. The molecule has 0 aliphatic rings. The third-order valence-electron chi connectivity index (χ3n) is 4.27. The van der Waals surface area contributed by atoms with Crippen molar-refractivity contribution in [2.45, 2.75) is 6.92 Å². The fourth-order valence-corrected chi connectivity index (χ4v) is 3.03. The zero-order valence-electron chi connectivity index (χ0n) is 14.6. The first-order valence-electron chi connectivity index (χ1n) is 8.39. The molecule has 4 aromatic rings. The summed E-state index contributed by atoms with van der Waals surface area (Å²) in [5, 5.41) is 8.05. The van der Waals surface area contributed by atoms with Crippen molar-refractivity contribution < 1.29 is 4.79 Å². The normalized spacial score (nSPS) is 10.8. The molecule has 0 fully saturated rings. The Labute approximate surface area is 151 Å². The molecule has 4 rings (SSSR count). The van der Waals surface area contributed by atoms with Crippen LogP contribution in [0.1, 0.15) is 16.1 Å². The second-order valence-electron chi connectivity index (χ2n) is 6.19. The molecule has 0 aliphatic carbocycles. The number of anilines is 1. The first-order chi connectivity index (χ1) is 12.6. The lowest BCUT2D eigenvalue weighted by Crippen LogP contribution is -2.15. The summed E-state index contributed by atoms with van der Waals surface area (Å²) in [6.07, 6.45) is 0. The molecule has 0 unspecified atom stereocenters. The predicted octanol–water partition coefficient (Wildman–Crippen LogP) is 4.20. The van der Waals surface area contributed by atoms with Crippen LogP contribution >= 0.6 is 0 Å². The molecule has 1 N–H and O–H groups in total. The smallest absolute Gasteiger partial charge is 0.257 e. The molecule has 0 atom stereocenters. The highest BCUT2D eigenvalue weighted by Crippen LogP contribution is 2.25. The SMILES string of the molecule is Cc1cc(NC(=O)c2cc(-c3ccccc3)nc3ccccc23)n(C)n1. The number of benzene rings is 2. The number of aromatic nitrogens is 3. The van der Waals surface area contributed by atoms with Gasteiger partial charge in [-0.3, -0.25) is 9.48 Å². The van der Waals surface area contributed by atoms with Crippen molar-refractivity contribution in [2.24, 2.45) is 7.05 Å². The number of para-hydroxylation sites is 1. The van der Waals surface area contributed by atoms with Gasteiger partial charge < -0.3 is 5.32 Å². The van der Waals surface area contributed by atoms with Crippen molar-refractivity contribution in [3.05, 3.63) is 78.0 Å². The van der Waals surface area contributed by atoms with E-state index in [1.54, 1.807) is 4.68 Å². The summed E-state index contributed by atoms with van der Waals surface area (Å²) in [6.45, 7) is 1.89. The summed E-state index contributed by atoms with van der Waals surface area (Å²) in [6, 6.07) is 21.2. The summed E-state index contributed by atoms with van der Waals surface area (Å²) in [4.78, 5) is 17.7.